The molecule has 0 aromatic carbocycles. The number of nitrogens with zero attached hydrogens (tertiary/aromatic N) is 1. The molecule has 17 heavy (non-hydrogen) atoms. The van der Waals surface area contributed by atoms with Crippen molar-refractivity contribution in [1.82, 2.24) is 10.5 Å². The highest BCUT2D eigenvalue weighted by atomic mass is 16.5. The molecule has 2 atom stereocenters. The third-order valence-electron chi connectivity index (χ3n) is 3.18. The molecule has 5 nitrogen and oxygen atoms in total. The van der Waals surface area contributed by atoms with Crippen LogP contribution in [0.3, 0.4) is 0 Å². The molecule has 3 N–H and O–H groups in total. The van der Waals surface area contributed by atoms with Gasteiger partial charge >= 0.3 is 0 Å². The second-order valence-electron chi connectivity index (χ2n) is 4.43. The van der Waals surface area contributed by atoms with Crippen molar-refractivity contribution in [2.24, 2.45) is 11.7 Å². The molecule has 2 unspecified atom stereocenters. The van der Waals surface area contributed by atoms with Crippen molar-refractivity contribution in [2.45, 2.75) is 46.7 Å². The predicted octanol–water partition coefficient (Wildman–Crippen LogP) is 1.28. The fraction of sp³-hybridized carbons (Fsp3) is 0.667. The first kappa shape index (κ1) is 13.7. The molecule has 5 heteroatoms. The van der Waals surface area contributed by atoms with Crippen LogP contribution in [0.5, 0.6) is 0 Å². The number of nitrogens with one attached hydrogen (secondary N) is 1. The summed E-state index contributed by atoms with van der Waals surface area (Å²) >= 11 is 0. The van der Waals surface area contributed by atoms with Gasteiger partial charge in [-0.05, 0) is 19.8 Å². The minimum atomic E-state index is -0.458. The van der Waals surface area contributed by atoms with Crippen LogP contribution in [-0.4, -0.2) is 17.1 Å². The Morgan fingerprint density at radius 3 is 2.65 bits per heavy atom. The molecule has 0 aliphatic heterocycles. The minimum absolute atomic E-state index is 0.126. The van der Waals surface area contributed by atoms with Crippen LogP contribution in [0.25, 0.3) is 0 Å². The molecule has 0 saturated heterocycles. The Balaban J connectivity index is 2.54. The molecule has 0 saturated carbocycles. The van der Waals surface area contributed by atoms with Gasteiger partial charge in [-0.15, -0.1) is 0 Å². The molecule has 96 valence electrons. The van der Waals surface area contributed by atoms with Gasteiger partial charge in [0.15, 0.2) is 0 Å². The number of nitrogens with two attached hydrogens (primary N) is 1. The van der Waals surface area contributed by atoms with Gasteiger partial charge in [0.1, 0.15) is 5.76 Å². The van der Waals surface area contributed by atoms with Gasteiger partial charge in [-0.2, -0.15) is 0 Å². The molecule has 1 aromatic rings. The van der Waals surface area contributed by atoms with Crippen LogP contribution >= 0.6 is 0 Å². The van der Waals surface area contributed by atoms with E-state index in [0.717, 1.165) is 23.4 Å². The lowest BCUT2D eigenvalue weighted by molar-refractivity contribution is -0.123. The Morgan fingerprint density at radius 2 is 2.18 bits per heavy atom. The fourth-order valence-corrected chi connectivity index (χ4v) is 1.56. The first-order valence-electron chi connectivity index (χ1n) is 5.92. The standard InChI is InChI=1S/C12H21N3O2/c1-5-7(2)11(13)12(16)14-6-10-8(3)15-17-9(10)4/h7,11H,5-6,13H2,1-4H3,(H,14,16). The lowest BCUT2D eigenvalue weighted by Crippen LogP contribution is -2.44. The summed E-state index contributed by atoms with van der Waals surface area (Å²) in [6.07, 6.45) is 0.889. The second kappa shape index (κ2) is 5.82. The number of aromatic nitrogens is 1. The van der Waals surface area contributed by atoms with E-state index in [-0.39, 0.29) is 11.8 Å². The van der Waals surface area contributed by atoms with Gasteiger partial charge in [0.05, 0.1) is 11.7 Å². The van der Waals surface area contributed by atoms with Gasteiger partial charge in [0, 0.05) is 12.1 Å². The van der Waals surface area contributed by atoms with E-state index in [4.69, 9.17) is 10.3 Å². The maximum atomic E-state index is 11.8. The summed E-state index contributed by atoms with van der Waals surface area (Å²) in [7, 11) is 0. The average Bonchev–Trinajstić information content (AvgIpc) is 2.64. The SMILES string of the molecule is CCC(C)C(N)C(=O)NCc1c(C)noc1C. The molecule has 1 rings (SSSR count). The number of hydrogen-bond acceptors (Lipinski definition) is 4. The van der Waals surface area contributed by atoms with Crippen LogP contribution in [0.15, 0.2) is 4.52 Å². The zero-order valence-corrected chi connectivity index (χ0v) is 10.9. The van der Waals surface area contributed by atoms with E-state index in [1.54, 1.807) is 0 Å². The van der Waals surface area contributed by atoms with E-state index in [1.165, 1.54) is 0 Å². The first-order chi connectivity index (χ1) is 7.97. The van der Waals surface area contributed by atoms with Crippen molar-refractivity contribution in [3.8, 4) is 0 Å². The number of amides is 1. The lowest BCUT2D eigenvalue weighted by atomic mass is 9.99. The van der Waals surface area contributed by atoms with E-state index in [0.29, 0.717) is 6.54 Å². The van der Waals surface area contributed by atoms with Gasteiger partial charge in [0.25, 0.3) is 0 Å². The predicted molar refractivity (Wildman–Crippen MR) is 65.3 cm³/mol. The van der Waals surface area contributed by atoms with E-state index in [2.05, 4.69) is 10.5 Å². The van der Waals surface area contributed by atoms with Crippen molar-refractivity contribution < 1.29 is 9.32 Å². The normalized spacial score (nSPS) is 14.4. The second-order valence-corrected chi connectivity index (χ2v) is 4.43. The summed E-state index contributed by atoms with van der Waals surface area (Å²) in [5.41, 5.74) is 7.57. The van der Waals surface area contributed by atoms with E-state index < -0.39 is 6.04 Å². The molecule has 0 aliphatic rings. The summed E-state index contributed by atoms with van der Waals surface area (Å²) in [5.74, 6) is 0.791. The van der Waals surface area contributed by atoms with Gasteiger partial charge < -0.3 is 15.6 Å². The number of rotatable bonds is 5. The summed E-state index contributed by atoms with van der Waals surface area (Å²) in [6, 6.07) is -0.458. The molecule has 0 radical (unpaired) electrons. The zero-order valence-electron chi connectivity index (χ0n) is 10.9. The molecule has 0 bridgehead atoms. The van der Waals surface area contributed by atoms with E-state index >= 15 is 0 Å². The fourth-order valence-electron chi connectivity index (χ4n) is 1.56. The third kappa shape index (κ3) is 3.30. The van der Waals surface area contributed by atoms with Crippen molar-refractivity contribution in [3.63, 3.8) is 0 Å². The molecule has 0 fully saturated rings. The quantitative estimate of drug-likeness (QED) is 0.811. The summed E-state index contributed by atoms with van der Waals surface area (Å²) in [6.45, 7) is 8.10. The van der Waals surface area contributed by atoms with Gasteiger partial charge in [-0.25, -0.2) is 0 Å². The van der Waals surface area contributed by atoms with Crippen molar-refractivity contribution in [2.75, 3.05) is 0 Å². The summed E-state index contributed by atoms with van der Waals surface area (Å²) in [4.78, 5) is 11.8. The van der Waals surface area contributed by atoms with Crippen LogP contribution in [0, 0.1) is 19.8 Å². The Bertz CT molecular complexity index is 368. The van der Waals surface area contributed by atoms with Gasteiger partial charge in [0.2, 0.25) is 5.91 Å². The maximum absolute atomic E-state index is 11.8. The topological polar surface area (TPSA) is 81.2 Å². The van der Waals surface area contributed by atoms with E-state index in [9.17, 15) is 4.79 Å². The molecule has 1 heterocycles. The Morgan fingerprint density at radius 1 is 1.53 bits per heavy atom. The number of hydrogen-bond donors (Lipinski definition) is 2. The van der Waals surface area contributed by atoms with Crippen LogP contribution in [0.4, 0.5) is 0 Å². The molecule has 1 amide bonds. The monoisotopic (exact) mass is 239 g/mol. The smallest absolute Gasteiger partial charge is 0.237 e. The molecular formula is C12H21N3O2. The van der Waals surface area contributed by atoms with Crippen LogP contribution < -0.4 is 11.1 Å². The Labute approximate surface area is 102 Å². The van der Waals surface area contributed by atoms with Crippen molar-refractivity contribution in [1.29, 1.82) is 0 Å². The summed E-state index contributed by atoms with van der Waals surface area (Å²) < 4.78 is 5.02. The zero-order chi connectivity index (χ0) is 13.0. The van der Waals surface area contributed by atoms with Gasteiger partial charge in [-0.3, -0.25) is 4.79 Å². The highest BCUT2D eigenvalue weighted by Crippen LogP contribution is 2.12. The molecule has 1 aromatic heterocycles. The average molecular weight is 239 g/mol. The van der Waals surface area contributed by atoms with E-state index in [1.807, 2.05) is 27.7 Å². The highest BCUT2D eigenvalue weighted by Gasteiger charge is 2.19. The molecule has 0 aliphatic carbocycles. The van der Waals surface area contributed by atoms with Crippen molar-refractivity contribution in [3.05, 3.63) is 17.0 Å². The maximum Gasteiger partial charge on any atom is 0.237 e. The Hall–Kier alpha value is -1.36. The molecular weight excluding hydrogens is 218 g/mol. The number of aryl methyl sites for hydroxylation is 2. The van der Waals surface area contributed by atoms with Crippen LogP contribution in [0.2, 0.25) is 0 Å². The largest absolute Gasteiger partial charge is 0.361 e. The number of carbonyl (C=O) groups excluding carboxylic acids is 1. The van der Waals surface area contributed by atoms with Gasteiger partial charge in [-0.1, -0.05) is 25.4 Å². The third-order valence-corrected chi connectivity index (χ3v) is 3.18. The highest BCUT2D eigenvalue weighted by molar-refractivity contribution is 5.81. The summed E-state index contributed by atoms with van der Waals surface area (Å²) in [5, 5.41) is 6.65. The number of carbonyl (C=O) groups is 1. The van der Waals surface area contributed by atoms with Crippen LogP contribution in [-0.2, 0) is 11.3 Å². The minimum Gasteiger partial charge on any atom is -0.361 e. The lowest BCUT2D eigenvalue weighted by Gasteiger charge is -2.17. The van der Waals surface area contributed by atoms with Crippen LogP contribution in [0.1, 0.15) is 37.3 Å². The first-order valence-corrected chi connectivity index (χ1v) is 5.92. The molecule has 0 spiro atoms. The van der Waals surface area contributed by atoms with Crippen molar-refractivity contribution >= 4 is 5.91 Å². The Kier molecular flexibility index (Phi) is 4.69.